The first-order valence-corrected chi connectivity index (χ1v) is 12.4. The number of carbonyl (C=O) groups is 3. The highest BCUT2D eigenvalue weighted by atomic mass is 16.5. The number of fused-ring (bicyclic) bond motifs is 1. The fourth-order valence-electron chi connectivity index (χ4n) is 4.99. The van der Waals surface area contributed by atoms with Gasteiger partial charge in [0.2, 0.25) is 11.8 Å². The summed E-state index contributed by atoms with van der Waals surface area (Å²) in [6.45, 7) is 5.52. The maximum absolute atomic E-state index is 13.0. The second kappa shape index (κ2) is 10.6. The van der Waals surface area contributed by atoms with Gasteiger partial charge in [0.1, 0.15) is 18.4 Å². The average Bonchev–Trinajstić information content (AvgIpc) is 3.21. The molecule has 0 radical (unpaired) electrons. The minimum Gasteiger partial charge on any atom is -0.489 e. The molecule has 3 aliphatic rings. The molecule has 3 heterocycles. The number of piperidine rings is 1. The summed E-state index contributed by atoms with van der Waals surface area (Å²) >= 11 is 0. The predicted molar refractivity (Wildman–Crippen MR) is 129 cm³/mol. The van der Waals surface area contributed by atoms with Crippen LogP contribution in [0.2, 0.25) is 0 Å². The highest BCUT2D eigenvalue weighted by molar-refractivity contribution is 6.05. The molecule has 0 aromatic heterocycles. The highest BCUT2D eigenvalue weighted by Crippen LogP contribution is 2.34. The van der Waals surface area contributed by atoms with Crippen molar-refractivity contribution in [2.75, 3.05) is 32.8 Å². The summed E-state index contributed by atoms with van der Waals surface area (Å²) in [5, 5.41) is 2.34. The Morgan fingerprint density at radius 2 is 1.77 bits per heavy atom. The van der Waals surface area contributed by atoms with Gasteiger partial charge in [0.15, 0.2) is 0 Å². The van der Waals surface area contributed by atoms with E-state index in [-0.39, 0.29) is 18.2 Å². The number of nitrogens with zero attached hydrogens (tertiary/aromatic N) is 2. The highest BCUT2D eigenvalue weighted by Gasteiger charge is 2.40. The van der Waals surface area contributed by atoms with E-state index in [2.05, 4.69) is 34.5 Å². The summed E-state index contributed by atoms with van der Waals surface area (Å²) < 4.78 is 11.5. The lowest BCUT2D eigenvalue weighted by Crippen LogP contribution is -2.52. The van der Waals surface area contributed by atoms with Gasteiger partial charge in [0.05, 0.1) is 19.8 Å². The van der Waals surface area contributed by atoms with Crippen LogP contribution in [0, 0.1) is 0 Å². The topological polar surface area (TPSA) is 88.2 Å². The maximum atomic E-state index is 13.0. The number of morpholine rings is 1. The van der Waals surface area contributed by atoms with Crippen LogP contribution in [-0.2, 0) is 33.9 Å². The lowest BCUT2D eigenvalue weighted by atomic mass is 10.0. The first-order chi connectivity index (χ1) is 17.1. The van der Waals surface area contributed by atoms with Gasteiger partial charge in [0, 0.05) is 30.6 Å². The molecule has 8 nitrogen and oxygen atoms in total. The molecule has 0 aliphatic carbocycles. The Labute approximate surface area is 205 Å². The molecule has 2 saturated heterocycles. The molecule has 3 amide bonds. The number of benzene rings is 2. The van der Waals surface area contributed by atoms with Crippen LogP contribution in [0.15, 0.2) is 42.5 Å². The molecule has 0 unspecified atom stereocenters. The van der Waals surface area contributed by atoms with Crippen LogP contribution in [0.1, 0.15) is 46.3 Å². The molecule has 184 valence electrons. The summed E-state index contributed by atoms with van der Waals surface area (Å²) in [4.78, 5) is 40.7. The number of amides is 3. The molecule has 0 saturated carbocycles. The largest absolute Gasteiger partial charge is 0.489 e. The van der Waals surface area contributed by atoms with E-state index >= 15 is 0 Å². The Bertz CT molecular complexity index is 1090. The summed E-state index contributed by atoms with van der Waals surface area (Å²) in [6.07, 6.45) is 2.76. The van der Waals surface area contributed by atoms with Crippen LogP contribution < -0.4 is 10.1 Å². The number of carbonyl (C=O) groups excluding carboxylic acids is 3. The van der Waals surface area contributed by atoms with Gasteiger partial charge >= 0.3 is 0 Å². The third-order valence-electron chi connectivity index (χ3n) is 7.00. The molecule has 2 fully saturated rings. The maximum Gasteiger partial charge on any atom is 0.255 e. The van der Waals surface area contributed by atoms with Gasteiger partial charge in [-0.15, -0.1) is 0 Å². The second-order valence-corrected chi connectivity index (χ2v) is 9.34. The first-order valence-electron chi connectivity index (χ1n) is 12.4. The molecule has 5 rings (SSSR count). The van der Waals surface area contributed by atoms with Crippen LogP contribution in [0.5, 0.6) is 5.75 Å². The average molecular weight is 478 g/mol. The molecular formula is C27H31N3O5. The van der Waals surface area contributed by atoms with Gasteiger partial charge in [-0.2, -0.15) is 0 Å². The van der Waals surface area contributed by atoms with Gasteiger partial charge in [-0.25, -0.2) is 0 Å². The molecule has 2 aromatic rings. The van der Waals surface area contributed by atoms with E-state index in [0.717, 1.165) is 56.8 Å². The van der Waals surface area contributed by atoms with Crippen molar-refractivity contribution in [3.8, 4) is 5.75 Å². The van der Waals surface area contributed by atoms with Gasteiger partial charge in [0.25, 0.3) is 5.91 Å². The normalized spacial score (nSPS) is 20.6. The number of hydrogen-bond acceptors (Lipinski definition) is 6. The summed E-state index contributed by atoms with van der Waals surface area (Å²) in [7, 11) is 0. The Balaban J connectivity index is 1.16. The van der Waals surface area contributed by atoms with E-state index in [1.165, 1.54) is 5.56 Å². The Kier molecular flexibility index (Phi) is 7.11. The van der Waals surface area contributed by atoms with Crippen molar-refractivity contribution >= 4 is 17.7 Å². The predicted octanol–water partition coefficient (Wildman–Crippen LogP) is 2.29. The Morgan fingerprint density at radius 3 is 2.54 bits per heavy atom. The fourth-order valence-corrected chi connectivity index (χ4v) is 4.99. The van der Waals surface area contributed by atoms with E-state index in [1.54, 1.807) is 17.0 Å². The number of imide groups is 1. The van der Waals surface area contributed by atoms with Crippen LogP contribution in [-0.4, -0.2) is 66.4 Å². The molecule has 1 atom stereocenters. The van der Waals surface area contributed by atoms with Crippen molar-refractivity contribution < 1.29 is 23.9 Å². The summed E-state index contributed by atoms with van der Waals surface area (Å²) in [6, 6.07) is 13.3. The first kappa shape index (κ1) is 23.5. The minimum absolute atomic E-state index is 0.193. The molecule has 3 aliphatic heterocycles. The third-order valence-corrected chi connectivity index (χ3v) is 7.00. The van der Waals surface area contributed by atoms with E-state index < -0.39 is 11.9 Å². The van der Waals surface area contributed by atoms with Gasteiger partial charge in [-0.05, 0) is 49.1 Å². The molecule has 0 spiro atoms. The standard InChI is InChI=1S/C27H31N3O5/c31-25-11-10-23(26(32)28-25)30-17-22-21(27(30)33)4-1-5-24(22)35-18-20-8-6-19(7-9-20)3-2-12-29-13-15-34-16-14-29/h1,4-9,23H,2-3,10-18H2,(H,28,31,32)/t23-/m1/s1. The van der Waals surface area contributed by atoms with E-state index in [0.29, 0.717) is 30.9 Å². The molecule has 1 N–H and O–H groups in total. The minimum atomic E-state index is -0.628. The monoisotopic (exact) mass is 477 g/mol. The fraction of sp³-hybridized carbons (Fsp3) is 0.444. The SMILES string of the molecule is O=C1CC[C@@H](N2Cc3c(OCc4ccc(CCCN5CCOCC5)cc4)cccc3C2=O)C(=O)N1. The molecule has 0 bridgehead atoms. The number of rotatable bonds is 8. The lowest BCUT2D eigenvalue weighted by molar-refractivity contribution is -0.136. The smallest absolute Gasteiger partial charge is 0.255 e. The Hall–Kier alpha value is -3.23. The zero-order valence-electron chi connectivity index (χ0n) is 19.8. The quantitative estimate of drug-likeness (QED) is 0.587. The molecule has 35 heavy (non-hydrogen) atoms. The van der Waals surface area contributed by atoms with Gasteiger partial charge in [-0.3, -0.25) is 24.6 Å². The third kappa shape index (κ3) is 5.39. The van der Waals surface area contributed by atoms with Gasteiger partial charge in [-0.1, -0.05) is 30.3 Å². The number of nitrogens with one attached hydrogen (secondary N) is 1. The van der Waals surface area contributed by atoms with Crippen molar-refractivity contribution in [2.45, 2.75) is 44.9 Å². The molecule has 8 heteroatoms. The number of hydrogen-bond donors (Lipinski definition) is 1. The van der Waals surface area contributed by atoms with Crippen molar-refractivity contribution in [1.82, 2.24) is 15.1 Å². The number of ether oxygens (including phenoxy) is 2. The molecular weight excluding hydrogens is 446 g/mol. The zero-order chi connectivity index (χ0) is 24.2. The van der Waals surface area contributed by atoms with Crippen LogP contribution in [0.25, 0.3) is 0 Å². The van der Waals surface area contributed by atoms with Crippen molar-refractivity contribution in [3.63, 3.8) is 0 Å². The molecule has 2 aromatic carbocycles. The van der Waals surface area contributed by atoms with E-state index in [9.17, 15) is 14.4 Å². The van der Waals surface area contributed by atoms with Crippen LogP contribution >= 0.6 is 0 Å². The Morgan fingerprint density at radius 1 is 1.00 bits per heavy atom. The van der Waals surface area contributed by atoms with Crippen molar-refractivity contribution in [1.29, 1.82) is 0 Å². The zero-order valence-corrected chi connectivity index (χ0v) is 19.8. The summed E-state index contributed by atoms with van der Waals surface area (Å²) in [5.74, 6) is -0.237. The van der Waals surface area contributed by atoms with Gasteiger partial charge < -0.3 is 14.4 Å². The number of aryl methyl sites for hydroxylation is 1. The van der Waals surface area contributed by atoms with E-state index in [1.807, 2.05) is 6.07 Å². The van der Waals surface area contributed by atoms with Crippen LogP contribution in [0.3, 0.4) is 0 Å². The van der Waals surface area contributed by atoms with E-state index in [4.69, 9.17) is 9.47 Å². The van der Waals surface area contributed by atoms with Crippen molar-refractivity contribution in [3.05, 3.63) is 64.7 Å². The van der Waals surface area contributed by atoms with Crippen molar-refractivity contribution in [2.24, 2.45) is 0 Å². The summed E-state index contributed by atoms with van der Waals surface area (Å²) in [5.41, 5.74) is 3.73. The second-order valence-electron chi connectivity index (χ2n) is 9.34. The van der Waals surface area contributed by atoms with Crippen LogP contribution in [0.4, 0.5) is 0 Å². The lowest BCUT2D eigenvalue weighted by Gasteiger charge is -2.29.